The van der Waals surface area contributed by atoms with Gasteiger partial charge in [-0.15, -0.1) is 11.6 Å². The molecule has 0 aromatic rings. The molecule has 4 nitrogen and oxygen atoms in total. The van der Waals surface area contributed by atoms with Gasteiger partial charge in [0, 0.05) is 0 Å². The number of carbonyl (C=O) groups excluding carboxylic acids is 1. The first kappa shape index (κ1) is 10.2. The Morgan fingerprint density at radius 2 is 2.09 bits per heavy atom. The summed E-state index contributed by atoms with van der Waals surface area (Å²) in [5.41, 5.74) is 0.0664. The molecule has 0 rings (SSSR count). The van der Waals surface area contributed by atoms with Gasteiger partial charge in [0.1, 0.15) is 7.11 Å². The van der Waals surface area contributed by atoms with Crippen LogP contribution in [0.25, 0.3) is 0 Å². The van der Waals surface area contributed by atoms with Gasteiger partial charge in [-0.25, -0.2) is 4.79 Å². The van der Waals surface area contributed by atoms with E-state index < -0.39 is 11.3 Å². The highest BCUT2D eigenvalue weighted by Gasteiger charge is 2.18. The Kier molecular flexibility index (Phi) is 4.61. The highest BCUT2D eigenvalue weighted by molar-refractivity contribution is 6.49. The Hall–Kier alpha value is -0.770. The van der Waals surface area contributed by atoms with Crippen LogP contribution < -0.4 is 0 Å². The molecule has 0 aromatic heterocycles. The van der Waals surface area contributed by atoms with Gasteiger partial charge in [-0.05, 0) is 6.92 Å². The molecule has 0 saturated carbocycles. The quantitative estimate of drug-likeness (QED) is 0.279. The first-order valence-electron chi connectivity index (χ1n) is 2.97. The summed E-state index contributed by atoms with van der Waals surface area (Å²) in [6.45, 7) is 1.61. The number of ether oxygens (including phenoxy) is 1. The Morgan fingerprint density at radius 1 is 1.55 bits per heavy atom. The van der Waals surface area contributed by atoms with E-state index in [9.17, 15) is 4.79 Å². The number of rotatable bonds is 3. The van der Waals surface area contributed by atoms with Crippen molar-refractivity contribution >= 4 is 23.3 Å². The van der Waals surface area contributed by atoms with Gasteiger partial charge in [0.05, 0.1) is 12.5 Å². The number of methoxy groups -OCH3 is 1. The van der Waals surface area contributed by atoms with E-state index in [1.807, 2.05) is 0 Å². The molecule has 0 heterocycles. The van der Waals surface area contributed by atoms with Gasteiger partial charge in [-0.3, -0.25) is 0 Å². The maximum Gasteiger partial charge on any atom is 0.357 e. The van der Waals surface area contributed by atoms with E-state index in [1.54, 1.807) is 6.92 Å². The molecule has 64 valence electrons. The normalized spacial score (nSPS) is 14.0. The third-order valence-corrected chi connectivity index (χ3v) is 1.17. The lowest BCUT2D eigenvalue weighted by atomic mass is 10.3. The van der Waals surface area contributed by atoms with E-state index in [2.05, 4.69) is 14.7 Å². The molecule has 0 N–H and O–H groups in total. The number of alkyl halides is 1. The van der Waals surface area contributed by atoms with E-state index in [1.165, 1.54) is 14.2 Å². The second kappa shape index (κ2) is 4.96. The maximum atomic E-state index is 10.8. The van der Waals surface area contributed by atoms with Crippen LogP contribution in [0.3, 0.4) is 0 Å². The summed E-state index contributed by atoms with van der Waals surface area (Å²) in [4.78, 5) is 15.2. The van der Waals surface area contributed by atoms with Crippen molar-refractivity contribution in [1.29, 1.82) is 0 Å². The molecule has 1 atom stereocenters. The molecule has 0 bridgehead atoms. The highest BCUT2D eigenvalue weighted by atomic mass is 35.5. The molecule has 11 heavy (non-hydrogen) atoms. The number of esters is 1. The van der Waals surface area contributed by atoms with Gasteiger partial charge in [-0.2, -0.15) is 0 Å². The molecule has 0 spiro atoms. The largest absolute Gasteiger partial charge is 0.464 e. The minimum Gasteiger partial charge on any atom is -0.464 e. The van der Waals surface area contributed by atoms with Gasteiger partial charge in [-0.1, -0.05) is 5.16 Å². The first-order chi connectivity index (χ1) is 5.13. The van der Waals surface area contributed by atoms with Crippen LogP contribution in [-0.4, -0.2) is 31.3 Å². The number of hydrogen-bond acceptors (Lipinski definition) is 4. The number of halogens is 1. The maximum absolute atomic E-state index is 10.8. The molecular weight excluding hydrogens is 170 g/mol. The average Bonchev–Trinajstić information content (AvgIpc) is 1.98. The second-order valence-corrected chi connectivity index (χ2v) is 2.42. The van der Waals surface area contributed by atoms with Crippen LogP contribution in [0.4, 0.5) is 0 Å². The molecular formula is C6H10ClNO3. The summed E-state index contributed by atoms with van der Waals surface area (Å²) < 4.78 is 4.39. The van der Waals surface area contributed by atoms with Crippen molar-refractivity contribution in [3.8, 4) is 0 Å². The van der Waals surface area contributed by atoms with Gasteiger partial charge in [0.15, 0.2) is 5.71 Å². The fourth-order valence-corrected chi connectivity index (χ4v) is 0.604. The van der Waals surface area contributed by atoms with E-state index in [-0.39, 0.29) is 5.71 Å². The van der Waals surface area contributed by atoms with E-state index in [4.69, 9.17) is 11.6 Å². The predicted molar refractivity (Wildman–Crippen MR) is 41.8 cm³/mol. The Labute approximate surface area is 70.1 Å². The summed E-state index contributed by atoms with van der Waals surface area (Å²) in [5.74, 6) is -0.575. The summed E-state index contributed by atoms with van der Waals surface area (Å²) in [7, 11) is 2.59. The van der Waals surface area contributed by atoms with E-state index in [0.717, 1.165) is 0 Å². The number of carbonyl (C=O) groups is 1. The van der Waals surface area contributed by atoms with Gasteiger partial charge in [0.2, 0.25) is 0 Å². The predicted octanol–water partition coefficient (Wildman–Crippen LogP) is 0.789. The van der Waals surface area contributed by atoms with Crippen molar-refractivity contribution < 1.29 is 14.4 Å². The topological polar surface area (TPSA) is 47.9 Å². The SMILES string of the molecule is CON=C(C(=O)OC)C(C)Cl. The molecule has 0 aromatic carbocycles. The minimum atomic E-state index is -0.575. The van der Waals surface area contributed by atoms with Crippen LogP contribution in [0.15, 0.2) is 5.16 Å². The third kappa shape index (κ3) is 3.23. The van der Waals surface area contributed by atoms with Crippen LogP contribution in [0.5, 0.6) is 0 Å². The molecule has 0 amide bonds. The smallest absolute Gasteiger partial charge is 0.357 e. The number of hydrogen-bond donors (Lipinski definition) is 0. The van der Waals surface area contributed by atoms with Gasteiger partial charge < -0.3 is 9.57 Å². The standard InChI is InChI=1S/C6H10ClNO3/c1-4(7)5(8-11-3)6(9)10-2/h4H,1-3H3. The minimum absolute atomic E-state index is 0.0664. The summed E-state index contributed by atoms with van der Waals surface area (Å²) >= 11 is 5.58. The van der Waals surface area contributed by atoms with Crippen molar-refractivity contribution in [2.45, 2.75) is 12.3 Å². The fraction of sp³-hybridized carbons (Fsp3) is 0.667. The van der Waals surface area contributed by atoms with Crippen molar-refractivity contribution in [2.24, 2.45) is 5.16 Å². The zero-order chi connectivity index (χ0) is 8.85. The molecule has 0 aliphatic carbocycles. The van der Waals surface area contributed by atoms with Crippen LogP contribution in [0, 0.1) is 0 Å². The van der Waals surface area contributed by atoms with Crippen LogP contribution >= 0.6 is 11.6 Å². The lowest BCUT2D eigenvalue weighted by Gasteiger charge is -2.03. The Balaban J connectivity index is 4.34. The van der Waals surface area contributed by atoms with Crippen molar-refractivity contribution in [2.75, 3.05) is 14.2 Å². The molecule has 1 unspecified atom stereocenters. The fourth-order valence-electron chi connectivity index (χ4n) is 0.475. The molecule has 0 radical (unpaired) electrons. The summed E-state index contributed by atoms with van der Waals surface area (Å²) in [6, 6.07) is 0. The Bertz CT molecular complexity index is 167. The van der Waals surface area contributed by atoms with Gasteiger partial charge >= 0.3 is 5.97 Å². The van der Waals surface area contributed by atoms with E-state index >= 15 is 0 Å². The zero-order valence-corrected chi connectivity index (χ0v) is 7.38. The molecule has 0 saturated heterocycles. The van der Waals surface area contributed by atoms with Crippen molar-refractivity contribution in [3.05, 3.63) is 0 Å². The van der Waals surface area contributed by atoms with Crippen LogP contribution in [0.2, 0.25) is 0 Å². The summed E-state index contributed by atoms with van der Waals surface area (Å²) in [6.07, 6.45) is 0. The summed E-state index contributed by atoms with van der Waals surface area (Å²) in [5, 5.41) is 2.89. The average molecular weight is 180 g/mol. The van der Waals surface area contributed by atoms with Crippen LogP contribution in [-0.2, 0) is 14.4 Å². The Morgan fingerprint density at radius 3 is 2.36 bits per heavy atom. The number of nitrogens with zero attached hydrogens (tertiary/aromatic N) is 1. The molecule has 0 aliphatic heterocycles. The highest BCUT2D eigenvalue weighted by Crippen LogP contribution is 1.99. The second-order valence-electron chi connectivity index (χ2n) is 1.77. The number of oxime groups is 1. The molecule has 0 aliphatic rings. The monoisotopic (exact) mass is 179 g/mol. The van der Waals surface area contributed by atoms with Crippen molar-refractivity contribution in [1.82, 2.24) is 0 Å². The van der Waals surface area contributed by atoms with Crippen molar-refractivity contribution in [3.63, 3.8) is 0 Å². The lowest BCUT2D eigenvalue weighted by molar-refractivity contribution is -0.133. The van der Waals surface area contributed by atoms with Crippen LogP contribution in [0.1, 0.15) is 6.92 Å². The molecule has 0 fully saturated rings. The lowest BCUT2D eigenvalue weighted by Crippen LogP contribution is -2.23. The van der Waals surface area contributed by atoms with Gasteiger partial charge in [0.25, 0.3) is 0 Å². The van der Waals surface area contributed by atoms with E-state index in [0.29, 0.717) is 0 Å². The third-order valence-electron chi connectivity index (χ3n) is 0.961. The molecule has 5 heteroatoms. The first-order valence-corrected chi connectivity index (χ1v) is 3.40. The zero-order valence-electron chi connectivity index (χ0n) is 6.63.